The van der Waals surface area contributed by atoms with Crippen LogP contribution in [0.15, 0.2) is 62.6 Å². The van der Waals surface area contributed by atoms with E-state index >= 15 is 0 Å². The van der Waals surface area contributed by atoms with Gasteiger partial charge in [0.2, 0.25) is 0 Å². The molecule has 0 bridgehead atoms. The summed E-state index contributed by atoms with van der Waals surface area (Å²) in [6.45, 7) is 1.79. The largest absolute Gasteiger partial charge is 0.434 e. The first-order chi connectivity index (χ1) is 9.50. The van der Waals surface area contributed by atoms with Gasteiger partial charge in [0, 0.05) is 0 Å². The lowest BCUT2D eigenvalue weighted by Gasteiger charge is -2.05. The fourth-order valence-electron chi connectivity index (χ4n) is 2.05. The Bertz CT molecular complexity index is 950. The lowest BCUT2D eigenvalue weighted by molar-refractivity contribution is 0.534. The standard InChI is InChI=1S/C14H11NO4S/c1-10-5-4-6-11(9-10)20(17,18)15-12-7-2-3-8-13(12)19-14(15)16/h2-9H,1H3. The van der Waals surface area contributed by atoms with Crippen LogP contribution in [0.25, 0.3) is 11.1 Å². The summed E-state index contributed by atoms with van der Waals surface area (Å²) in [7, 11) is -3.96. The molecule has 102 valence electrons. The number of benzene rings is 2. The quantitative estimate of drug-likeness (QED) is 0.724. The van der Waals surface area contributed by atoms with E-state index < -0.39 is 15.8 Å². The first-order valence-corrected chi connectivity index (χ1v) is 7.37. The van der Waals surface area contributed by atoms with E-state index in [-0.39, 0.29) is 16.0 Å². The van der Waals surface area contributed by atoms with Gasteiger partial charge in [-0.1, -0.05) is 24.3 Å². The molecular weight excluding hydrogens is 278 g/mol. The van der Waals surface area contributed by atoms with Crippen LogP contribution >= 0.6 is 0 Å². The lowest BCUT2D eigenvalue weighted by atomic mass is 10.2. The van der Waals surface area contributed by atoms with Crippen molar-refractivity contribution >= 4 is 21.1 Å². The SMILES string of the molecule is Cc1cccc(S(=O)(=O)n2c(=O)oc3ccccc32)c1. The Kier molecular flexibility index (Phi) is 2.76. The molecule has 5 nitrogen and oxygen atoms in total. The normalized spacial score (nSPS) is 11.8. The van der Waals surface area contributed by atoms with E-state index in [1.54, 1.807) is 37.3 Å². The Labute approximate surface area is 115 Å². The minimum absolute atomic E-state index is 0.0613. The van der Waals surface area contributed by atoms with Crippen LogP contribution in [0.5, 0.6) is 0 Å². The van der Waals surface area contributed by atoms with Crippen molar-refractivity contribution in [2.75, 3.05) is 0 Å². The third-order valence-electron chi connectivity index (χ3n) is 2.97. The van der Waals surface area contributed by atoms with Gasteiger partial charge in [-0.15, -0.1) is 0 Å². The van der Waals surface area contributed by atoms with Gasteiger partial charge in [-0.05, 0) is 36.8 Å². The van der Waals surface area contributed by atoms with Crippen LogP contribution < -0.4 is 5.76 Å². The van der Waals surface area contributed by atoms with Crippen molar-refractivity contribution in [1.82, 2.24) is 3.97 Å². The van der Waals surface area contributed by atoms with Crippen molar-refractivity contribution in [1.29, 1.82) is 0 Å². The maximum Gasteiger partial charge on any atom is 0.434 e. The van der Waals surface area contributed by atoms with E-state index in [2.05, 4.69) is 0 Å². The monoisotopic (exact) mass is 289 g/mol. The van der Waals surface area contributed by atoms with E-state index in [9.17, 15) is 13.2 Å². The number of aromatic nitrogens is 1. The van der Waals surface area contributed by atoms with E-state index in [4.69, 9.17) is 4.42 Å². The van der Waals surface area contributed by atoms with Gasteiger partial charge in [0.15, 0.2) is 5.58 Å². The molecule has 2 aromatic carbocycles. The second-order valence-corrected chi connectivity index (χ2v) is 6.21. The summed E-state index contributed by atoms with van der Waals surface area (Å²) in [5, 5.41) is 0. The Morgan fingerprint density at radius 1 is 1.05 bits per heavy atom. The number of aryl methyl sites for hydroxylation is 1. The van der Waals surface area contributed by atoms with Gasteiger partial charge in [-0.2, -0.15) is 3.97 Å². The van der Waals surface area contributed by atoms with E-state index in [1.807, 2.05) is 0 Å². The molecule has 0 unspecified atom stereocenters. The summed E-state index contributed by atoms with van der Waals surface area (Å²) in [6, 6.07) is 12.8. The number of oxazole rings is 1. The average molecular weight is 289 g/mol. The third-order valence-corrected chi connectivity index (χ3v) is 4.65. The van der Waals surface area contributed by atoms with E-state index in [0.717, 1.165) is 5.56 Å². The summed E-state index contributed by atoms with van der Waals surface area (Å²) in [5.74, 6) is -0.910. The highest BCUT2D eigenvalue weighted by atomic mass is 32.2. The number of rotatable bonds is 2. The minimum Gasteiger partial charge on any atom is -0.407 e. The molecule has 3 aromatic rings. The van der Waals surface area contributed by atoms with Gasteiger partial charge in [-0.3, -0.25) is 0 Å². The number of fused-ring (bicyclic) bond motifs is 1. The minimum atomic E-state index is -3.96. The first kappa shape index (κ1) is 12.7. The van der Waals surface area contributed by atoms with Crippen molar-refractivity contribution in [2.45, 2.75) is 11.8 Å². The summed E-state index contributed by atoms with van der Waals surface area (Å²) >= 11 is 0. The highest BCUT2D eigenvalue weighted by Gasteiger charge is 2.23. The van der Waals surface area contributed by atoms with E-state index in [1.165, 1.54) is 18.2 Å². The van der Waals surface area contributed by atoms with Gasteiger partial charge in [0.05, 0.1) is 4.90 Å². The second kappa shape index (κ2) is 4.35. The van der Waals surface area contributed by atoms with Crippen LogP contribution in [-0.4, -0.2) is 12.4 Å². The van der Waals surface area contributed by atoms with Crippen molar-refractivity contribution < 1.29 is 12.8 Å². The van der Waals surface area contributed by atoms with Crippen molar-refractivity contribution in [2.24, 2.45) is 0 Å². The highest BCUT2D eigenvalue weighted by Crippen LogP contribution is 2.19. The van der Waals surface area contributed by atoms with Crippen LogP contribution in [0.2, 0.25) is 0 Å². The summed E-state index contributed by atoms with van der Waals surface area (Å²) in [4.78, 5) is 11.9. The average Bonchev–Trinajstić information content (AvgIpc) is 2.75. The van der Waals surface area contributed by atoms with Gasteiger partial charge >= 0.3 is 5.76 Å². The van der Waals surface area contributed by atoms with Crippen LogP contribution in [-0.2, 0) is 10.0 Å². The molecule has 3 rings (SSSR count). The number of hydrogen-bond acceptors (Lipinski definition) is 4. The molecule has 0 aliphatic heterocycles. The fourth-order valence-corrected chi connectivity index (χ4v) is 3.49. The van der Waals surface area contributed by atoms with Crippen LogP contribution in [0.4, 0.5) is 0 Å². The summed E-state index contributed by atoms with van der Waals surface area (Å²) < 4.78 is 30.8. The van der Waals surface area contributed by atoms with Gasteiger partial charge in [-0.25, -0.2) is 13.2 Å². The molecule has 0 fully saturated rings. The summed E-state index contributed by atoms with van der Waals surface area (Å²) in [5.41, 5.74) is 1.28. The van der Waals surface area contributed by atoms with Crippen molar-refractivity contribution in [3.8, 4) is 0 Å². The van der Waals surface area contributed by atoms with Crippen molar-refractivity contribution in [3.05, 3.63) is 64.6 Å². The third kappa shape index (κ3) is 1.85. The predicted molar refractivity (Wildman–Crippen MR) is 74.2 cm³/mol. The maximum absolute atomic E-state index is 12.6. The molecule has 0 aliphatic carbocycles. The molecule has 0 atom stereocenters. The maximum atomic E-state index is 12.6. The van der Waals surface area contributed by atoms with Crippen molar-refractivity contribution in [3.63, 3.8) is 0 Å². The molecule has 0 saturated carbocycles. The number of hydrogen-bond donors (Lipinski definition) is 0. The predicted octanol–water partition coefficient (Wildman–Crippen LogP) is 2.14. The topological polar surface area (TPSA) is 69.3 Å². The Balaban J connectivity index is 2.35. The lowest BCUT2D eigenvalue weighted by Crippen LogP contribution is -2.23. The van der Waals surface area contributed by atoms with Gasteiger partial charge in [0.1, 0.15) is 5.52 Å². The molecule has 0 amide bonds. The molecular formula is C14H11NO4S. The van der Waals surface area contributed by atoms with E-state index in [0.29, 0.717) is 3.97 Å². The molecule has 1 aromatic heterocycles. The fraction of sp³-hybridized carbons (Fsp3) is 0.0714. The molecule has 0 N–H and O–H groups in total. The first-order valence-electron chi connectivity index (χ1n) is 5.93. The summed E-state index contributed by atoms with van der Waals surface area (Å²) in [6.07, 6.45) is 0. The van der Waals surface area contributed by atoms with Gasteiger partial charge < -0.3 is 4.42 Å². The number of para-hydroxylation sites is 2. The molecule has 0 aliphatic rings. The molecule has 0 spiro atoms. The second-order valence-electron chi connectivity index (χ2n) is 4.42. The molecule has 20 heavy (non-hydrogen) atoms. The zero-order valence-corrected chi connectivity index (χ0v) is 11.4. The zero-order valence-electron chi connectivity index (χ0n) is 10.6. The molecule has 0 saturated heterocycles. The molecule has 6 heteroatoms. The molecule has 0 radical (unpaired) electrons. The molecule has 1 heterocycles. The Hall–Kier alpha value is -2.34. The van der Waals surface area contributed by atoms with Gasteiger partial charge in [0.25, 0.3) is 10.0 Å². The smallest absolute Gasteiger partial charge is 0.407 e. The zero-order chi connectivity index (χ0) is 14.3. The van der Waals surface area contributed by atoms with Crippen LogP contribution in [0.3, 0.4) is 0 Å². The number of nitrogens with zero attached hydrogens (tertiary/aromatic N) is 1. The van der Waals surface area contributed by atoms with Crippen LogP contribution in [0.1, 0.15) is 5.56 Å². The highest BCUT2D eigenvalue weighted by molar-refractivity contribution is 7.90. The Morgan fingerprint density at radius 2 is 1.80 bits per heavy atom. The Morgan fingerprint density at radius 3 is 2.55 bits per heavy atom. The van der Waals surface area contributed by atoms with Crippen LogP contribution in [0, 0.1) is 6.92 Å².